The van der Waals surface area contributed by atoms with E-state index in [0.29, 0.717) is 11.1 Å². The summed E-state index contributed by atoms with van der Waals surface area (Å²) in [5.41, 5.74) is 0.942. The number of nitrogens with one attached hydrogen (secondary N) is 1. The molecule has 1 aromatic heterocycles. The molecule has 0 spiro atoms. The van der Waals surface area contributed by atoms with Crippen molar-refractivity contribution in [3.05, 3.63) is 82.0 Å². The number of hydrogen-bond donors (Lipinski definition) is 1. The Morgan fingerprint density at radius 1 is 1.03 bits per heavy atom. The molecule has 3 aromatic rings. The van der Waals surface area contributed by atoms with Crippen LogP contribution in [0.25, 0.3) is 10.9 Å². The number of nitrogens with zero attached hydrogens (tertiary/aromatic N) is 2. The Balaban J connectivity index is 2.00. The second-order valence-electron chi connectivity index (χ2n) is 7.09. The number of pyridine rings is 1. The fraction of sp³-hybridized carbons (Fsp3) is 0.217. The zero-order valence-electron chi connectivity index (χ0n) is 17.9. The van der Waals surface area contributed by atoms with E-state index in [1.165, 1.54) is 31.4 Å². The van der Waals surface area contributed by atoms with Gasteiger partial charge in [-0.15, -0.1) is 0 Å². The smallest absolute Gasteiger partial charge is 0.329 e. The highest BCUT2D eigenvalue weighted by atomic mass is 16.6. The summed E-state index contributed by atoms with van der Waals surface area (Å²) >= 11 is 0. The molecule has 10 heteroatoms. The Labute approximate surface area is 188 Å². The van der Waals surface area contributed by atoms with Crippen LogP contribution in [0.3, 0.4) is 0 Å². The Morgan fingerprint density at radius 2 is 1.73 bits per heavy atom. The van der Waals surface area contributed by atoms with Crippen LogP contribution in [0.5, 0.6) is 0 Å². The maximum atomic E-state index is 13.2. The maximum absolute atomic E-state index is 13.2. The molecule has 3 rings (SSSR count). The molecule has 10 nitrogen and oxygen atoms in total. The number of esters is 2. The summed E-state index contributed by atoms with van der Waals surface area (Å²) in [7, 11) is 2.36. The van der Waals surface area contributed by atoms with Crippen LogP contribution in [0.4, 0.5) is 5.69 Å². The molecule has 0 radical (unpaired) electrons. The third-order valence-corrected chi connectivity index (χ3v) is 5.17. The lowest BCUT2D eigenvalue weighted by Gasteiger charge is -2.26. The molecule has 0 aliphatic heterocycles. The zero-order chi connectivity index (χ0) is 24.0. The van der Waals surface area contributed by atoms with Crippen LogP contribution in [0.15, 0.2) is 60.8 Å². The Bertz CT molecular complexity index is 1190. The van der Waals surface area contributed by atoms with E-state index in [0.717, 1.165) is 12.5 Å². The van der Waals surface area contributed by atoms with E-state index in [4.69, 9.17) is 9.47 Å². The number of benzene rings is 2. The van der Waals surface area contributed by atoms with Crippen LogP contribution in [0.1, 0.15) is 28.3 Å². The van der Waals surface area contributed by atoms with Crippen molar-refractivity contribution in [2.75, 3.05) is 14.2 Å². The summed E-state index contributed by atoms with van der Waals surface area (Å²) in [6.45, 7) is 0. The number of ether oxygens (including phenoxy) is 2. The number of hydrogen-bond acceptors (Lipinski definition) is 8. The molecule has 0 saturated carbocycles. The van der Waals surface area contributed by atoms with Gasteiger partial charge in [0.2, 0.25) is 0 Å². The largest absolute Gasteiger partial charge is 0.469 e. The number of nitro benzene ring substituents is 1. The first kappa shape index (κ1) is 23.3. The van der Waals surface area contributed by atoms with Crippen molar-refractivity contribution in [3.63, 3.8) is 0 Å². The van der Waals surface area contributed by atoms with Crippen molar-refractivity contribution in [1.82, 2.24) is 10.3 Å². The highest BCUT2D eigenvalue weighted by Gasteiger charge is 2.35. The summed E-state index contributed by atoms with van der Waals surface area (Å²) in [6, 6.07) is 12.7. The van der Waals surface area contributed by atoms with Gasteiger partial charge in [0.1, 0.15) is 6.04 Å². The van der Waals surface area contributed by atoms with E-state index < -0.39 is 34.7 Å². The number of methoxy groups -OCH3 is 2. The average Bonchev–Trinajstić information content (AvgIpc) is 2.84. The molecule has 1 N–H and O–H groups in total. The van der Waals surface area contributed by atoms with Crippen molar-refractivity contribution in [2.45, 2.75) is 18.4 Å². The van der Waals surface area contributed by atoms with Crippen LogP contribution in [0.2, 0.25) is 0 Å². The number of para-hydroxylation sites is 1. The molecule has 1 heterocycles. The summed E-state index contributed by atoms with van der Waals surface area (Å²) in [5.74, 6) is -2.92. The first-order valence-corrected chi connectivity index (χ1v) is 9.89. The molecule has 170 valence electrons. The predicted molar refractivity (Wildman–Crippen MR) is 117 cm³/mol. The summed E-state index contributed by atoms with van der Waals surface area (Å²) in [6.07, 6.45) is 1.27. The highest BCUT2D eigenvalue weighted by Crippen LogP contribution is 2.28. The fourth-order valence-electron chi connectivity index (χ4n) is 3.49. The minimum Gasteiger partial charge on any atom is -0.469 e. The molecule has 0 bridgehead atoms. The Morgan fingerprint density at radius 3 is 2.36 bits per heavy atom. The number of non-ortho nitro benzene ring substituents is 1. The minimum absolute atomic E-state index is 0.156. The molecular formula is C23H21N3O7. The summed E-state index contributed by atoms with van der Waals surface area (Å²) in [4.78, 5) is 52.6. The van der Waals surface area contributed by atoms with Crippen LogP contribution < -0.4 is 5.32 Å². The van der Waals surface area contributed by atoms with Gasteiger partial charge in [0.05, 0.1) is 36.6 Å². The Kier molecular flexibility index (Phi) is 7.29. The topological polar surface area (TPSA) is 138 Å². The van der Waals surface area contributed by atoms with Gasteiger partial charge in [-0.2, -0.15) is 0 Å². The molecular weight excluding hydrogens is 430 g/mol. The van der Waals surface area contributed by atoms with Crippen molar-refractivity contribution < 1.29 is 28.8 Å². The van der Waals surface area contributed by atoms with Gasteiger partial charge in [-0.3, -0.25) is 24.7 Å². The number of nitro groups is 1. The number of carbonyl (C=O) groups is 3. The lowest BCUT2D eigenvalue weighted by atomic mass is 9.88. The standard InChI is InChI=1S/C23H21N3O7/c1-32-19(27)13-18(14-8-10-16(11-9-14)26(30)31)21(23(29)33-2)25-22(28)17-7-3-5-15-6-4-12-24-20(15)17/h3-12,18,21H,13H2,1-2H3,(H,25,28)/t18-,21-/m0/s1. The number of amides is 1. The molecule has 0 aliphatic carbocycles. The lowest BCUT2D eigenvalue weighted by Crippen LogP contribution is -2.46. The van der Waals surface area contributed by atoms with E-state index in [1.54, 1.807) is 36.5 Å². The average molecular weight is 451 g/mol. The van der Waals surface area contributed by atoms with E-state index in [-0.39, 0.29) is 17.7 Å². The molecule has 0 aliphatic rings. The summed E-state index contributed by atoms with van der Waals surface area (Å²) < 4.78 is 9.64. The third kappa shape index (κ3) is 5.29. The monoisotopic (exact) mass is 451 g/mol. The predicted octanol–water partition coefficient (Wildman–Crippen LogP) is 2.76. The van der Waals surface area contributed by atoms with Gasteiger partial charge in [0, 0.05) is 29.6 Å². The number of aromatic nitrogens is 1. The molecule has 0 fully saturated rings. The lowest BCUT2D eigenvalue weighted by molar-refractivity contribution is -0.384. The highest BCUT2D eigenvalue weighted by molar-refractivity contribution is 6.06. The number of fused-ring (bicyclic) bond motifs is 1. The van der Waals surface area contributed by atoms with Gasteiger partial charge < -0.3 is 14.8 Å². The second-order valence-corrected chi connectivity index (χ2v) is 7.09. The molecule has 1 amide bonds. The van der Waals surface area contributed by atoms with Crippen molar-refractivity contribution in [2.24, 2.45) is 0 Å². The van der Waals surface area contributed by atoms with Crippen molar-refractivity contribution >= 4 is 34.4 Å². The van der Waals surface area contributed by atoms with E-state index in [1.807, 2.05) is 0 Å². The van der Waals surface area contributed by atoms with Gasteiger partial charge in [-0.25, -0.2) is 4.79 Å². The molecule has 0 unspecified atom stereocenters. The van der Waals surface area contributed by atoms with Gasteiger partial charge in [-0.1, -0.05) is 30.3 Å². The number of carbonyl (C=O) groups excluding carboxylic acids is 3. The van der Waals surface area contributed by atoms with Crippen molar-refractivity contribution in [3.8, 4) is 0 Å². The zero-order valence-corrected chi connectivity index (χ0v) is 17.9. The maximum Gasteiger partial charge on any atom is 0.329 e. The normalized spacial score (nSPS) is 12.4. The molecule has 2 atom stereocenters. The quantitative estimate of drug-likeness (QED) is 0.313. The first-order chi connectivity index (χ1) is 15.8. The van der Waals surface area contributed by atoms with Crippen LogP contribution in [0, 0.1) is 10.1 Å². The van der Waals surface area contributed by atoms with Gasteiger partial charge >= 0.3 is 11.9 Å². The summed E-state index contributed by atoms with van der Waals surface area (Å²) in [5, 5.41) is 14.4. The molecule has 0 saturated heterocycles. The van der Waals surface area contributed by atoms with E-state index in [9.17, 15) is 24.5 Å². The van der Waals surface area contributed by atoms with Crippen LogP contribution >= 0.6 is 0 Å². The Hall–Kier alpha value is -4.34. The second kappa shape index (κ2) is 10.3. The number of rotatable bonds is 8. The van der Waals surface area contributed by atoms with Crippen LogP contribution in [-0.4, -0.2) is 48.0 Å². The SMILES string of the molecule is COC(=O)C[C@@H](c1ccc([N+](=O)[O-])cc1)[C@H](NC(=O)c1cccc2cccnc12)C(=O)OC. The van der Waals surface area contributed by atoms with Crippen molar-refractivity contribution in [1.29, 1.82) is 0 Å². The fourth-order valence-corrected chi connectivity index (χ4v) is 3.49. The molecule has 33 heavy (non-hydrogen) atoms. The van der Waals surface area contributed by atoms with E-state index >= 15 is 0 Å². The van der Waals surface area contributed by atoms with E-state index in [2.05, 4.69) is 10.3 Å². The van der Waals surface area contributed by atoms with Gasteiger partial charge in [0.25, 0.3) is 11.6 Å². The minimum atomic E-state index is -1.28. The van der Waals surface area contributed by atoms with Gasteiger partial charge in [-0.05, 0) is 17.7 Å². The third-order valence-electron chi connectivity index (χ3n) is 5.17. The van der Waals surface area contributed by atoms with Gasteiger partial charge in [0.15, 0.2) is 0 Å². The first-order valence-electron chi connectivity index (χ1n) is 9.89. The van der Waals surface area contributed by atoms with Crippen LogP contribution in [-0.2, 0) is 19.1 Å². The molecule has 2 aromatic carbocycles.